The van der Waals surface area contributed by atoms with Gasteiger partial charge in [-0.25, -0.2) is 0 Å². The molecule has 1 heterocycles. The molecule has 2 unspecified atom stereocenters. The highest BCUT2D eigenvalue weighted by Crippen LogP contribution is 2.39. The molecule has 1 saturated heterocycles. The van der Waals surface area contributed by atoms with E-state index in [4.69, 9.17) is 9.47 Å². The molecule has 0 aliphatic carbocycles. The summed E-state index contributed by atoms with van der Waals surface area (Å²) in [6, 6.07) is 7.73. The summed E-state index contributed by atoms with van der Waals surface area (Å²) in [7, 11) is 0. The summed E-state index contributed by atoms with van der Waals surface area (Å²) in [5.74, 6) is 0.902. The molecule has 0 aromatic heterocycles. The Labute approximate surface area is 109 Å². The van der Waals surface area contributed by atoms with Crippen molar-refractivity contribution in [1.82, 2.24) is 0 Å². The van der Waals surface area contributed by atoms with Crippen LogP contribution in [-0.4, -0.2) is 24.4 Å². The quantitative estimate of drug-likeness (QED) is 0.893. The maximum absolute atomic E-state index is 10.8. The maximum atomic E-state index is 10.8. The predicted octanol–water partition coefficient (Wildman–Crippen LogP) is 2.72. The van der Waals surface area contributed by atoms with Crippen LogP contribution in [0.3, 0.4) is 0 Å². The Morgan fingerprint density at radius 1 is 1.39 bits per heavy atom. The van der Waals surface area contributed by atoms with Crippen molar-refractivity contribution >= 4 is 0 Å². The van der Waals surface area contributed by atoms with Crippen LogP contribution >= 0.6 is 0 Å². The van der Waals surface area contributed by atoms with Crippen molar-refractivity contribution in [3.63, 3.8) is 0 Å². The van der Waals surface area contributed by atoms with Crippen molar-refractivity contribution in [3.8, 4) is 5.75 Å². The molecule has 1 N–H and O–H groups in total. The smallest absolute Gasteiger partial charge is 0.125 e. The molecule has 3 nitrogen and oxygen atoms in total. The van der Waals surface area contributed by atoms with Crippen LogP contribution in [0.15, 0.2) is 24.3 Å². The van der Waals surface area contributed by atoms with E-state index in [2.05, 4.69) is 0 Å². The van der Waals surface area contributed by atoms with Gasteiger partial charge in [-0.15, -0.1) is 0 Å². The van der Waals surface area contributed by atoms with Crippen molar-refractivity contribution in [1.29, 1.82) is 0 Å². The molecule has 1 fully saturated rings. The molecule has 0 spiro atoms. The standard InChI is InChI=1S/C15H22O3/c1-11(2)18-14-7-5-4-6-13(14)15(3,16)12-8-9-17-10-12/h4-7,11-12,16H,8-10H2,1-3H3. The average Bonchev–Trinajstić information content (AvgIpc) is 2.82. The van der Waals surface area contributed by atoms with Crippen molar-refractivity contribution in [2.45, 2.75) is 38.9 Å². The summed E-state index contributed by atoms with van der Waals surface area (Å²) >= 11 is 0. The molecule has 1 aliphatic rings. The SMILES string of the molecule is CC(C)Oc1ccccc1C(C)(O)C1CCOC1. The lowest BCUT2D eigenvalue weighted by Gasteiger charge is -2.31. The number of ether oxygens (including phenoxy) is 2. The predicted molar refractivity (Wildman–Crippen MR) is 70.7 cm³/mol. The van der Waals surface area contributed by atoms with Gasteiger partial charge in [0, 0.05) is 18.1 Å². The number of aliphatic hydroxyl groups is 1. The molecule has 1 aromatic carbocycles. The highest BCUT2D eigenvalue weighted by Gasteiger charge is 2.38. The summed E-state index contributed by atoms with van der Waals surface area (Å²) in [4.78, 5) is 0. The second-order valence-electron chi connectivity index (χ2n) is 5.37. The Bertz CT molecular complexity index is 392. The van der Waals surface area contributed by atoms with Gasteiger partial charge in [0.1, 0.15) is 5.75 Å². The molecule has 0 saturated carbocycles. The second-order valence-corrected chi connectivity index (χ2v) is 5.37. The van der Waals surface area contributed by atoms with E-state index in [1.54, 1.807) is 0 Å². The summed E-state index contributed by atoms with van der Waals surface area (Å²) in [6.07, 6.45) is 0.991. The van der Waals surface area contributed by atoms with Crippen molar-refractivity contribution < 1.29 is 14.6 Å². The third kappa shape index (κ3) is 2.68. The zero-order valence-corrected chi connectivity index (χ0v) is 11.3. The van der Waals surface area contributed by atoms with Crippen LogP contribution in [0, 0.1) is 5.92 Å². The normalized spacial score (nSPS) is 23.1. The van der Waals surface area contributed by atoms with Crippen molar-refractivity contribution in [2.75, 3.05) is 13.2 Å². The van der Waals surface area contributed by atoms with Gasteiger partial charge < -0.3 is 14.6 Å². The molecule has 0 radical (unpaired) electrons. The van der Waals surface area contributed by atoms with E-state index in [9.17, 15) is 5.11 Å². The molecule has 2 rings (SSSR count). The molecular formula is C15H22O3. The maximum Gasteiger partial charge on any atom is 0.125 e. The first-order chi connectivity index (χ1) is 8.51. The van der Waals surface area contributed by atoms with Crippen LogP contribution < -0.4 is 4.74 Å². The van der Waals surface area contributed by atoms with Gasteiger partial charge in [0.25, 0.3) is 0 Å². The fourth-order valence-electron chi connectivity index (χ4n) is 2.44. The van der Waals surface area contributed by atoms with Crippen LogP contribution in [0.4, 0.5) is 0 Å². The lowest BCUT2D eigenvalue weighted by molar-refractivity contribution is -0.0124. The molecule has 0 bridgehead atoms. The lowest BCUT2D eigenvalue weighted by atomic mass is 9.82. The highest BCUT2D eigenvalue weighted by molar-refractivity contribution is 5.38. The van der Waals surface area contributed by atoms with E-state index in [0.717, 1.165) is 24.3 Å². The zero-order chi connectivity index (χ0) is 13.2. The first-order valence-corrected chi connectivity index (χ1v) is 6.58. The van der Waals surface area contributed by atoms with E-state index in [0.29, 0.717) is 6.61 Å². The third-order valence-corrected chi connectivity index (χ3v) is 3.52. The van der Waals surface area contributed by atoms with Crippen molar-refractivity contribution in [2.24, 2.45) is 5.92 Å². The van der Waals surface area contributed by atoms with E-state index in [1.807, 2.05) is 45.0 Å². The largest absolute Gasteiger partial charge is 0.491 e. The molecule has 18 heavy (non-hydrogen) atoms. The third-order valence-electron chi connectivity index (χ3n) is 3.52. The minimum absolute atomic E-state index is 0.0989. The first-order valence-electron chi connectivity index (χ1n) is 6.58. The Kier molecular flexibility index (Phi) is 3.93. The summed E-state index contributed by atoms with van der Waals surface area (Å²) in [5.41, 5.74) is -0.0451. The van der Waals surface area contributed by atoms with Crippen molar-refractivity contribution in [3.05, 3.63) is 29.8 Å². The molecule has 1 aliphatic heterocycles. The van der Waals surface area contributed by atoms with Gasteiger partial charge in [0.15, 0.2) is 0 Å². The summed E-state index contributed by atoms with van der Waals surface area (Å²) < 4.78 is 11.2. The second kappa shape index (κ2) is 5.29. The van der Waals surface area contributed by atoms with E-state index >= 15 is 0 Å². The minimum atomic E-state index is -0.901. The number of benzene rings is 1. The average molecular weight is 250 g/mol. The topological polar surface area (TPSA) is 38.7 Å². The van der Waals surface area contributed by atoms with Gasteiger partial charge in [0.05, 0.1) is 18.3 Å². The minimum Gasteiger partial charge on any atom is -0.491 e. The molecular weight excluding hydrogens is 228 g/mol. The molecule has 3 heteroatoms. The Balaban J connectivity index is 2.30. The van der Waals surface area contributed by atoms with E-state index < -0.39 is 5.60 Å². The van der Waals surface area contributed by atoms with Crippen LogP contribution in [0.2, 0.25) is 0 Å². The molecule has 1 aromatic rings. The zero-order valence-electron chi connectivity index (χ0n) is 11.3. The fraction of sp³-hybridized carbons (Fsp3) is 0.600. The Morgan fingerprint density at radius 3 is 2.72 bits per heavy atom. The van der Waals surface area contributed by atoms with Gasteiger partial charge in [-0.05, 0) is 33.3 Å². The molecule has 0 amide bonds. The van der Waals surface area contributed by atoms with Gasteiger partial charge in [-0.1, -0.05) is 18.2 Å². The Morgan fingerprint density at radius 2 is 2.11 bits per heavy atom. The number of para-hydroxylation sites is 1. The highest BCUT2D eigenvalue weighted by atomic mass is 16.5. The van der Waals surface area contributed by atoms with Crippen LogP contribution in [-0.2, 0) is 10.3 Å². The van der Waals surface area contributed by atoms with E-state index in [-0.39, 0.29) is 12.0 Å². The van der Waals surface area contributed by atoms with Gasteiger partial charge >= 0.3 is 0 Å². The lowest BCUT2D eigenvalue weighted by Crippen LogP contribution is -2.33. The van der Waals surface area contributed by atoms with Gasteiger partial charge in [-0.2, -0.15) is 0 Å². The van der Waals surface area contributed by atoms with E-state index in [1.165, 1.54) is 0 Å². The monoisotopic (exact) mass is 250 g/mol. The van der Waals surface area contributed by atoms with Gasteiger partial charge in [-0.3, -0.25) is 0 Å². The number of hydrogen-bond donors (Lipinski definition) is 1. The van der Waals surface area contributed by atoms with Crippen LogP contribution in [0.25, 0.3) is 0 Å². The number of hydrogen-bond acceptors (Lipinski definition) is 3. The fourth-order valence-corrected chi connectivity index (χ4v) is 2.44. The Hall–Kier alpha value is -1.06. The molecule has 2 atom stereocenters. The van der Waals surface area contributed by atoms with Crippen LogP contribution in [0.1, 0.15) is 32.8 Å². The first kappa shape index (κ1) is 13.4. The number of rotatable bonds is 4. The van der Waals surface area contributed by atoms with Crippen LogP contribution in [0.5, 0.6) is 5.75 Å². The molecule has 100 valence electrons. The summed E-state index contributed by atoms with van der Waals surface area (Å²) in [5, 5.41) is 10.8. The summed E-state index contributed by atoms with van der Waals surface area (Å²) in [6.45, 7) is 7.18. The van der Waals surface area contributed by atoms with Gasteiger partial charge in [0.2, 0.25) is 0 Å².